The number of benzene rings is 1. The van der Waals surface area contributed by atoms with Crippen LogP contribution < -0.4 is 4.74 Å². The van der Waals surface area contributed by atoms with Gasteiger partial charge in [-0.05, 0) is 18.5 Å². The third kappa shape index (κ3) is 1.22. The van der Waals surface area contributed by atoms with Crippen molar-refractivity contribution >= 4 is 0 Å². The van der Waals surface area contributed by atoms with Crippen molar-refractivity contribution in [2.45, 2.75) is 6.90 Å². The van der Waals surface area contributed by atoms with Gasteiger partial charge in [0.05, 0.1) is 7.11 Å². The van der Waals surface area contributed by atoms with E-state index in [-0.39, 0.29) is 6.90 Å². The molecule has 0 aromatic heterocycles. The molecular weight excluding hydrogens is 112 g/mol. The van der Waals surface area contributed by atoms with Gasteiger partial charge in [0.2, 0.25) is 0 Å². The molecule has 48 valence electrons. The monoisotopic (exact) mass is 123 g/mol. The Morgan fingerprint density at radius 3 is 2.78 bits per heavy atom. The summed E-state index contributed by atoms with van der Waals surface area (Å²) in [6.45, 7) is 0.282. The quantitative estimate of drug-likeness (QED) is 0.555. The Morgan fingerprint density at radius 2 is 2.22 bits per heavy atom. The Kier molecular flexibility index (Phi) is 1.37. The molecule has 9 heavy (non-hydrogen) atoms. The van der Waals surface area contributed by atoms with Gasteiger partial charge in [-0.2, -0.15) is 0 Å². The maximum atomic E-state index is 7.11. The number of para-hydroxylation sites is 1. The van der Waals surface area contributed by atoms with Crippen LogP contribution in [0.1, 0.15) is 6.93 Å². The molecule has 0 amide bonds. The Morgan fingerprint density at radius 1 is 1.44 bits per heavy atom. The Balaban J connectivity index is 2.96. The highest BCUT2D eigenvalue weighted by atomic mass is 16.5. The van der Waals surface area contributed by atoms with E-state index in [9.17, 15) is 0 Å². The van der Waals surface area contributed by atoms with Crippen molar-refractivity contribution in [1.29, 1.82) is 0 Å². The maximum Gasteiger partial charge on any atom is 0.121 e. The first-order valence-electron chi connectivity index (χ1n) is 3.50. The molecule has 1 aromatic rings. The van der Waals surface area contributed by atoms with Crippen LogP contribution in [0.15, 0.2) is 24.3 Å². The zero-order valence-corrected chi connectivity index (χ0v) is 5.42. The molecule has 1 heteroatoms. The highest BCUT2D eigenvalue weighted by Gasteiger charge is 1.90. The van der Waals surface area contributed by atoms with E-state index in [4.69, 9.17) is 6.11 Å². The molecule has 0 aliphatic rings. The number of ether oxygens (including phenoxy) is 1. The molecule has 1 aromatic carbocycles. The summed E-state index contributed by atoms with van der Waals surface area (Å²) in [5.74, 6) is 0.803. The minimum absolute atomic E-state index is 0.282. The van der Waals surface area contributed by atoms with Crippen molar-refractivity contribution in [3.05, 3.63) is 29.8 Å². The molecule has 0 radical (unpaired) electrons. The van der Waals surface area contributed by atoms with E-state index in [0.717, 1.165) is 11.3 Å². The molecule has 0 fully saturated rings. The number of methoxy groups -OCH3 is 1. The van der Waals surface area contributed by atoms with E-state index >= 15 is 0 Å². The molecule has 0 aliphatic heterocycles. The van der Waals surface area contributed by atoms with Gasteiger partial charge in [-0.3, -0.25) is 0 Å². The van der Waals surface area contributed by atoms with Gasteiger partial charge in [0.25, 0.3) is 0 Å². The minimum Gasteiger partial charge on any atom is -0.496 e. The average Bonchev–Trinajstić information content (AvgIpc) is 2.04. The molecule has 0 saturated heterocycles. The number of hydrogen-bond donors (Lipinski definition) is 0. The highest BCUT2D eigenvalue weighted by Crippen LogP contribution is 2.14. The highest BCUT2D eigenvalue weighted by molar-refractivity contribution is 5.31. The van der Waals surface area contributed by atoms with Crippen molar-refractivity contribution in [1.82, 2.24) is 0 Å². The lowest BCUT2D eigenvalue weighted by atomic mass is 10.2. The van der Waals surface area contributed by atoms with Crippen LogP contribution in [0.5, 0.6) is 5.75 Å². The second-order valence-electron chi connectivity index (χ2n) is 1.81. The van der Waals surface area contributed by atoms with Crippen molar-refractivity contribution in [3.8, 4) is 5.75 Å². The second-order valence-corrected chi connectivity index (χ2v) is 1.81. The predicted molar refractivity (Wildman–Crippen MR) is 37.7 cm³/mol. The van der Waals surface area contributed by atoms with E-state index < -0.39 is 0 Å². The smallest absolute Gasteiger partial charge is 0.121 e. The molecule has 0 bridgehead atoms. The third-order valence-corrected chi connectivity index (χ3v) is 1.19. The molecule has 1 rings (SSSR count). The molecular formula is C8H10O. The molecule has 0 unspecified atom stereocenters. The summed E-state index contributed by atoms with van der Waals surface area (Å²) >= 11 is 0. The van der Waals surface area contributed by atoms with Crippen molar-refractivity contribution < 1.29 is 6.11 Å². The summed E-state index contributed by atoms with van der Waals surface area (Å²) in [6, 6.07) is 7.57. The lowest BCUT2D eigenvalue weighted by molar-refractivity contribution is 0.411. The molecule has 0 heterocycles. The van der Waals surface area contributed by atoms with Gasteiger partial charge >= 0.3 is 0 Å². The summed E-state index contributed by atoms with van der Waals surface area (Å²) in [5.41, 5.74) is 0.935. The Bertz CT molecular complexity index is 187. The lowest BCUT2D eigenvalue weighted by Gasteiger charge is -2.00. The van der Waals surface area contributed by atoms with Crippen LogP contribution >= 0.6 is 0 Å². The van der Waals surface area contributed by atoms with E-state index in [1.807, 2.05) is 24.3 Å². The first-order valence-corrected chi connectivity index (χ1v) is 2.79. The Hall–Kier alpha value is -0.980. The van der Waals surface area contributed by atoms with Gasteiger partial charge in [0.15, 0.2) is 0 Å². The first-order chi connectivity index (χ1) is 4.88. The van der Waals surface area contributed by atoms with Gasteiger partial charge < -0.3 is 4.74 Å². The number of aryl methyl sites for hydroxylation is 1. The maximum absolute atomic E-state index is 7.11. The van der Waals surface area contributed by atoms with Crippen LogP contribution in [0.3, 0.4) is 0 Å². The topological polar surface area (TPSA) is 9.23 Å². The molecule has 0 spiro atoms. The fourth-order valence-electron chi connectivity index (χ4n) is 0.703. The average molecular weight is 123 g/mol. The summed E-state index contributed by atoms with van der Waals surface area (Å²) < 4.78 is 12.1. The molecule has 1 nitrogen and oxygen atoms in total. The first kappa shape index (κ1) is 4.86. The lowest BCUT2D eigenvalue weighted by Crippen LogP contribution is -1.84. The summed E-state index contributed by atoms with van der Waals surface area (Å²) in [7, 11) is 1.62. The van der Waals surface area contributed by atoms with Crippen molar-refractivity contribution in [2.24, 2.45) is 0 Å². The van der Waals surface area contributed by atoms with E-state index in [1.54, 1.807) is 7.11 Å². The minimum atomic E-state index is 0.282. The normalized spacial score (nSPS) is 10.6. The van der Waals surface area contributed by atoms with Gasteiger partial charge in [0, 0.05) is 1.37 Å². The van der Waals surface area contributed by atoms with Crippen LogP contribution in [0.4, 0.5) is 0 Å². The molecule has 0 aliphatic carbocycles. The molecule has 0 atom stereocenters. The van der Waals surface area contributed by atoms with Gasteiger partial charge in [-0.15, -0.1) is 0 Å². The van der Waals surface area contributed by atoms with Crippen LogP contribution in [0.2, 0.25) is 0 Å². The molecule has 0 saturated carbocycles. The van der Waals surface area contributed by atoms with E-state index in [0.29, 0.717) is 0 Å². The van der Waals surface area contributed by atoms with Crippen LogP contribution in [-0.4, -0.2) is 7.11 Å². The zero-order chi connectivity index (χ0) is 7.40. The van der Waals surface area contributed by atoms with Crippen LogP contribution in [0.25, 0.3) is 0 Å². The summed E-state index contributed by atoms with van der Waals surface area (Å²) in [6.07, 6.45) is 0. The number of rotatable bonds is 1. The van der Waals surface area contributed by atoms with Gasteiger partial charge in [-0.1, -0.05) is 18.2 Å². The second kappa shape index (κ2) is 2.53. The standard InChI is InChI=1S/C8H10O/c1-7-5-3-4-6-8(7)9-2/h3-6H,1-2H3/i1D. The van der Waals surface area contributed by atoms with Gasteiger partial charge in [-0.25, -0.2) is 0 Å². The SMILES string of the molecule is [2H]Cc1ccccc1OC. The van der Waals surface area contributed by atoms with Crippen LogP contribution in [-0.2, 0) is 0 Å². The summed E-state index contributed by atoms with van der Waals surface area (Å²) in [4.78, 5) is 0. The Labute approximate surface area is 56.7 Å². The third-order valence-electron chi connectivity index (χ3n) is 1.19. The van der Waals surface area contributed by atoms with Crippen molar-refractivity contribution in [2.75, 3.05) is 7.11 Å². The van der Waals surface area contributed by atoms with Crippen molar-refractivity contribution in [3.63, 3.8) is 0 Å². The van der Waals surface area contributed by atoms with Crippen LogP contribution in [0, 0.1) is 6.90 Å². The fourth-order valence-corrected chi connectivity index (χ4v) is 0.703. The summed E-state index contributed by atoms with van der Waals surface area (Å²) in [5, 5.41) is 0. The van der Waals surface area contributed by atoms with E-state index in [2.05, 4.69) is 0 Å². The largest absolute Gasteiger partial charge is 0.496 e. The van der Waals surface area contributed by atoms with E-state index in [1.165, 1.54) is 0 Å². The van der Waals surface area contributed by atoms with Gasteiger partial charge in [0.1, 0.15) is 5.75 Å². The predicted octanol–water partition coefficient (Wildman–Crippen LogP) is 2.00. The fraction of sp³-hybridized carbons (Fsp3) is 0.250. The number of hydrogen-bond acceptors (Lipinski definition) is 1. The molecule has 0 N–H and O–H groups in total. The zero-order valence-electron chi connectivity index (χ0n) is 6.42.